The SMILES string of the molecule is COc1cc(-c2cnc(CNCc3cccs3)s2)cc(OC)c1OC. The second-order valence-electron chi connectivity index (χ2n) is 5.22. The minimum Gasteiger partial charge on any atom is -0.493 e. The fourth-order valence-corrected chi connectivity index (χ4v) is 4.00. The molecule has 0 fully saturated rings. The number of aromatic nitrogens is 1. The standard InChI is InChI=1S/C18H20N2O3S2/c1-21-14-7-12(8-15(22-2)18(14)23-3)16-10-20-17(25-16)11-19-9-13-5-4-6-24-13/h4-8,10,19H,9,11H2,1-3H3. The van der Waals surface area contributed by atoms with E-state index in [1.54, 1.807) is 44.0 Å². The van der Waals surface area contributed by atoms with Gasteiger partial charge in [0.2, 0.25) is 5.75 Å². The van der Waals surface area contributed by atoms with Crippen LogP contribution in [0.25, 0.3) is 10.4 Å². The van der Waals surface area contributed by atoms with Gasteiger partial charge < -0.3 is 19.5 Å². The van der Waals surface area contributed by atoms with Gasteiger partial charge in [0.25, 0.3) is 0 Å². The number of thiazole rings is 1. The first-order valence-electron chi connectivity index (χ1n) is 7.73. The maximum atomic E-state index is 5.42. The summed E-state index contributed by atoms with van der Waals surface area (Å²) in [5.74, 6) is 1.88. The Morgan fingerprint density at radius 3 is 2.40 bits per heavy atom. The van der Waals surface area contributed by atoms with Gasteiger partial charge in [-0.25, -0.2) is 4.98 Å². The van der Waals surface area contributed by atoms with Crippen LogP contribution < -0.4 is 19.5 Å². The molecule has 2 aromatic heterocycles. The lowest BCUT2D eigenvalue weighted by Gasteiger charge is -2.13. The Kier molecular flexibility index (Phi) is 5.91. The molecule has 3 aromatic rings. The maximum Gasteiger partial charge on any atom is 0.203 e. The van der Waals surface area contributed by atoms with Crippen molar-refractivity contribution in [3.8, 4) is 27.7 Å². The summed E-state index contributed by atoms with van der Waals surface area (Å²) in [6.07, 6.45) is 1.88. The van der Waals surface area contributed by atoms with Gasteiger partial charge in [-0.05, 0) is 23.6 Å². The number of rotatable bonds is 8. The zero-order valence-electron chi connectivity index (χ0n) is 14.4. The molecule has 0 spiro atoms. The Hall–Kier alpha value is -2.09. The van der Waals surface area contributed by atoms with Crippen molar-refractivity contribution in [3.63, 3.8) is 0 Å². The van der Waals surface area contributed by atoms with Crippen molar-refractivity contribution in [2.75, 3.05) is 21.3 Å². The summed E-state index contributed by atoms with van der Waals surface area (Å²) in [7, 11) is 4.84. The quantitative estimate of drug-likeness (QED) is 0.639. The van der Waals surface area contributed by atoms with Gasteiger partial charge in [-0.1, -0.05) is 6.07 Å². The summed E-state index contributed by atoms with van der Waals surface area (Å²) in [5, 5.41) is 6.55. The number of methoxy groups -OCH3 is 3. The van der Waals surface area contributed by atoms with E-state index in [-0.39, 0.29) is 0 Å². The zero-order valence-corrected chi connectivity index (χ0v) is 16.0. The summed E-state index contributed by atoms with van der Waals surface area (Å²) in [6, 6.07) is 8.07. The Morgan fingerprint density at radius 2 is 1.80 bits per heavy atom. The summed E-state index contributed by atoms with van der Waals surface area (Å²) < 4.78 is 16.2. The Morgan fingerprint density at radius 1 is 1.04 bits per heavy atom. The summed E-state index contributed by atoms with van der Waals surface area (Å²) in [6.45, 7) is 1.60. The molecule has 132 valence electrons. The van der Waals surface area contributed by atoms with Gasteiger partial charge in [-0.15, -0.1) is 22.7 Å². The molecule has 1 N–H and O–H groups in total. The molecule has 1 aromatic carbocycles. The van der Waals surface area contributed by atoms with Crippen molar-refractivity contribution in [2.24, 2.45) is 0 Å². The van der Waals surface area contributed by atoms with Crippen molar-refractivity contribution in [1.82, 2.24) is 10.3 Å². The van der Waals surface area contributed by atoms with E-state index in [1.165, 1.54) is 4.88 Å². The average molecular weight is 377 g/mol. The third-order valence-corrected chi connectivity index (χ3v) is 5.58. The molecule has 25 heavy (non-hydrogen) atoms. The Balaban J connectivity index is 1.75. The summed E-state index contributed by atoms with van der Waals surface area (Å²) in [4.78, 5) is 6.89. The molecule has 0 amide bonds. The van der Waals surface area contributed by atoms with Gasteiger partial charge in [0.05, 0.1) is 26.2 Å². The van der Waals surface area contributed by atoms with Gasteiger partial charge >= 0.3 is 0 Å². The molecule has 0 aliphatic rings. The molecule has 0 atom stereocenters. The Labute approximate surface area is 155 Å². The molecule has 7 heteroatoms. The van der Waals surface area contributed by atoms with E-state index < -0.39 is 0 Å². The van der Waals surface area contributed by atoms with E-state index >= 15 is 0 Å². The largest absolute Gasteiger partial charge is 0.493 e. The van der Waals surface area contributed by atoms with Crippen LogP contribution in [0, 0.1) is 0 Å². The van der Waals surface area contributed by atoms with Gasteiger partial charge in [0.15, 0.2) is 11.5 Å². The molecule has 3 rings (SSSR count). The second-order valence-corrected chi connectivity index (χ2v) is 7.36. The van der Waals surface area contributed by atoms with Gasteiger partial charge in [-0.3, -0.25) is 0 Å². The maximum absolute atomic E-state index is 5.42. The second kappa shape index (κ2) is 8.33. The minimum atomic E-state index is 0.594. The predicted octanol–water partition coefficient (Wildman–Crippen LogP) is 4.19. The number of nitrogens with one attached hydrogen (secondary N) is 1. The first kappa shape index (κ1) is 17.7. The van der Waals surface area contributed by atoms with Crippen LogP contribution in [-0.2, 0) is 13.1 Å². The number of hydrogen-bond donors (Lipinski definition) is 1. The van der Waals surface area contributed by atoms with E-state index in [4.69, 9.17) is 14.2 Å². The highest BCUT2D eigenvalue weighted by molar-refractivity contribution is 7.15. The van der Waals surface area contributed by atoms with Gasteiger partial charge in [0.1, 0.15) is 5.01 Å². The first-order valence-corrected chi connectivity index (χ1v) is 9.43. The molecule has 5 nitrogen and oxygen atoms in total. The molecule has 0 aliphatic carbocycles. The summed E-state index contributed by atoms with van der Waals surface area (Å²) >= 11 is 3.41. The highest BCUT2D eigenvalue weighted by Gasteiger charge is 2.15. The summed E-state index contributed by atoms with van der Waals surface area (Å²) in [5.41, 5.74) is 0.997. The van der Waals surface area contributed by atoms with Crippen LogP contribution in [0.3, 0.4) is 0 Å². The van der Waals surface area contributed by atoms with Crippen LogP contribution in [0.4, 0.5) is 0 Å². The van der Waals surface area contributed by atoms with E-state index in [0.717, 1.165) is 28.5 Å². The number of ether oxygens (including phenoxy) is 3. The van der Waals surface area contributed by atoms with Crippen LogP contribution >= 0.6 is 22.7 Å². The smallest absolute Gasteiger partial charge is 0.203 e. The van der Waals surface area contributed by atoms with Crippen molar-refractivity contribution in [3.05, 3.63) is 45.7 Å². The number of hydrogen-bond acceptors (Lipinski definition) is 7. The third kappa shape index (κ3) is 4.12. The van der Waals surface area contributed by atoms with E-state index in [9.17, 15) is 0 Å². The highest BCUT2D eigenvalue weighted by Crippen LogP contribution is 2.42. The van der Waals surface area contributed by atoms with Crippen LogP contribution in [0.5, 0.6) is 17.2 Å². The van der Waals surface area contributed by atoms with Crippen molar-refractivity contribution < 1.29 is 14.2 Å². The van der Waals surface area contributed by atoms with Crippen molar-refractivity contribution in [1.29, 1.82) is 0 Å². The molecule has 0 saturated carbocycles. The van der Waals surface area contributed by atoms with Crippen LogP contribution in [0.2, 0.25) is 0 Å². The van der Waals surface area contributed by atoms with Crippen molar-refractivity contribution >= 4 is 22.7 Å². The number of thiophene rings is 1. The molecular formula is C18H20N2O3S2. The predicted molar refractivity (Wildman–Crippen MR) is 102 cm³/mol. The molecule has 0 saturated heterocycles. The molecule has 0 radical (unpaired) electrons. The fourth-order valence-electron chi connectivity index (χ4n) is 2.45. The van der Waals surface area contributed by atoms with Gasteiger partial charge in [0, 0.05) is 29.7 Å². The minimum absolute atomic E-state index is 0.594. The average Bonchev–Trinajstić information content (AvgIpc) is 3.32. The lowest BCUT2D eigenvalue weighted by atomic mass is 10.1. The molecule has 0 bridgehead atoms. The first-order chi connectivity index (χ1) is 12.2. The monoisotopic (exact) mass is 376 g/mol. The fraction of sp³-hybridized carbons (Fsp3) is 0.278. The molecular weight excluding hydrogens is 356 g/mol. The number of benzene rings is 1. The molecule has 2 heterocycles. The lowest BCUT2D eigenvalue weighted by molar-refractivity contribution is 0.324. The van der Waals surface area contributed by atoms with Gasteiger partial charge in [-0.2, -0.15) is 0 Å². The molecule has 0 unspecified atom stereocenters. The normalized spacial score (nSPS) is 10.7. The molecule has 0 aliphatic heterocycles. The third-order valence-electron chi connectivity index (χ3n) is 3.66. The van der Waals surface area contributed by atoms with Crippen LogP contribution in [0.15, 0.2) is 35.8 Å². The van der Waals surface area contributed by atoms with Crippen LogP contribution in [-0.4, -0.2) is 26.3 Å². The number of nitrogens with zero attached hydrogens (tertiary/aromatic N) is 1. The topological polar surface area (TPSA) is 52.6 Å². The highest BCUT2D eigenvalue weighted by atomic mass is 32.1. The van der Waals surface area contributed by atoms with Crippen molar-refractivity contribution in [2.45, 2.75) is 13.1 Å². The zero-order chi connectivity index (χ0) is 17.6. The van der Waals surface area contributed by atoms with Crippen LogP contribution in [0.1, 0.15) is 9.88 Å². The van der Waals surface area contributed by atoms with E-state index in [1.807, 2.05) is 18.3 Å². The Bertz CT molecular complexity index is 791. The van der Waals surface area contributed by atoms with E-state index in [0.29, 0.717) is 17.2 Å². The lowest BCUT2D eigenvalue weighted by Crippen LogP contribution is -2.11. The van der Waals surface area contributed by atoms with E-state index in [2.05, 4.69) is 27.8 Å².